The molecule has 5 heteroatoms. The van der Waals surface area contributed by atoms with Gasteiger partial charge >= 0.3 is 5.91 Å². The van der Waals surface area contributed by atoms with Gasteiger partial charge in [0, 0.05) is 12.3 Å². The second-order valence-electron chi connectivity index (χ2n) is 2.56. The van der Waals surface area contributed by atoms with Gasteiger partial charge in [0.25, 0.3) is 0 Å². The van der Waals surface area contributed by atoms with Crippen LogP contribution in [0.25, 0.3) is 0 Å². The van der Waals surface area contributed by atoms with E-state index in [0.717, 1.165) is 0 Å². The summed E-state index contributed by atoms with van der Waals surface area (Å²) in [6.07, 6.45) is 2.85. The molecule has 0 aliphatic carbocycles. The van der Waals surface area contributed by atoms with Gasteiger partial charge in [0.15, 0.2) is 5.76 Å². The summed E-state index contributed by atoms with van der Waals surface area (Å²) in [5.74, 6) is -0.163. The van der Waals surface area contributed by atoms with Crippen molar-refractivity contribution in [1.82, 2.24) is 5.43 Å². The zero-order valence-electron chi connectivity index (χ0n) is 7.23. The minimum Gasteiger partial charge on any atom is -0.459 e. The van der Waals surface area contributed by atoms with Crippen LogP contribution in [0.4, 0.5) is 0 Å². The lowest BCUT2D eigenvalue weighted by molar-refractivity contribution is 0.0927. The Morgan fingerprint density at radius 2 is 2.62 bits per heavy atom. The van der Waals surface area contributed by atoms with Crippen molar-refractivity contribution < 1.29 is 9.21 Å². The molecule has 1 rings (SSSR count). The van der Waals surface area contributed by atoms with Gasteiger partial charge in [-0.1, -0.05) is 0 Å². The first-order valence-corrected chi connectivity index (χ1v) is 3.83. The second kappa shape index (κ2) is 4.42. The van der Waals surface area contributed by atoms with Crippen LogP contribution in [0.15, 0.2) is 27.9 Å². The largest absolute Gasteiger partial charge is 0.459 e. The third kappa shape index (κ3) is 3.08. The number of amides is 1. The van der Waals surface area contributed by atoms with Crippen molar-refractivity contribution in [3.63, 3.8) is 0 Å². The fourth-order valence-corrected chi connectivity index (χ4v) is 0.676. The summed E-state index contributed by atoms with van der Waals surface area (Å²) in [5, 5.41) is 3.62. The Morgan fingerprint density at radius 1 is 1.85 bits per heavy atom. The van der Waals surface area contributed by atoms with E-state index in [0.29, 0.717) is 0 Å². The van der Waals surface area contributed by atoms with Crippen molar-refractivity contribution in [2.45, 2.75) is 13.0 Å². The van der Waals surface area contributed by atoms with E-state index >= 15 is 0 Å². The monoisotopic (exact) mass is 181 g/mol. The number of furan rings is 1. The fraction of sp³-hybridized carbons (Fsp3) is 0.250. The summed E-state index contributed by atoms with van der Waals surface area (Å²) in [7, 11) is 0. The molecule has 3 N–H and O–H groups in total. The molecule has 5 nitrogen and oxygen atoms in total. The SMILES string of the molecule is CC(N)C=NNC(=O)c1ccco1. The summed E-state index contributed by atoms with van der Waals surface area (Å²) in [5.41, 5.74) is 7.65. The van der Waals surface area contributed by atoms with E-state index in [1.807, 2.05) is 0 Å². The lowest BCUT2D eigenvalue weighted by Gasteiger charge is -1.96. The van der Waals surface area contributed by atoms with Crippen LogP contribution in [0.1, 0.15) is 17.5 Å². The molecule has 0 aliphatic rings. The van der Waals surface area contributed by atoms with E-state index in [9.17, 15) is 4.79 Å². The van der Waals surface area contributed by atoms with Crippen LogP contribution in [0.2, 0.25) is 0 Å². The summed E-state index contributed by atoms with van der Waals surface area (Å²) in [6, 6.07) is 3.00. The molecule has 0 aliphatic heterocycles. The third-order valence-electron chi connectivity index (χ3n) is 1.22. The highest BCUT2D eigenvalue weighted by Gasteiger charge is 2.05. The maximum Gasteiger partial charge on any atom is 0.307 e. The predicted octanol–water partition coefficient (Wildman–Crippen LogP) is 0.342. The molecule has 1 aromatic heterocycles. The minimum absolute atomic E-state index is 0.183. The molecule has 0 aromatic carbocycles. The molecule has 1 aromatic rings. The Balaban J connectivity index is 2.43. The average molecular weight is 181 g/mol. The van der Waals surface area contributed by atoms with Crippen molar-refractivity contribution in [3.05, 3.63) is 24.2 Å². The van der Waals surface area contributed by atoms with Gasteiger partial charge in [-0.2, -0.15) is 5.10 Å². The second-order valence-corrected chi connectivity index (χ2v) is 2.56. The number of carbonyl (C=O) groups excluding carboxylic acids is 1. The topological polar surface area (TPSA) is 80.6 Å². The van der Waals surface area contributed by atoms with Crippen molar-refractivity contribution in [1.29, 1.82) is 0 Å². The molecule has 1 unspecified atom stereocenters. The van der Waals surface area contributed by atoms with Crippen molar-refractivity contribution in [2.75, 3.05) is 0 Å². The van der Waals surface area contributed by atoms with Gasteiger partial charge < -0.3 is 10.2 Å². The zero-order valence-corrected chi connectivity index (χ0v) is 7.23. The van der Waals surface area contributed by atoms with Gasteiger partial charge in [-0.15, -0.1) is 0 Å². The van der Waals surface area contributed by atoms with E-state index in [1.165, 1.54) is 12.5 Å². The highest BCUT2D eigenvalue weighted by atomic mass is 16.3. The van der Waals surface area contributed by atoms with Gasteiger partial charge in [0.2, 0.25) is 0 Å². The molecule has 1 heterocycles. The maximum atomic E-state index is 11.1. The average Bonchev–Trinajstić information content (AvgIpc) is 2.55. The maximum absolute atomic E-state index is 11.1. The number of carbonyl (C=O) groups is 1. The number of hydrogen-bond donors (Lipinski definition) is 2. The zero-order chi connectivity index (χ0) is 9.68. The third-order valence-corrected chi connectivity index (χ3v) is 1.22. The first kappa shape index (κ1) is 9.47. The lowest BCUT2D eigenvalue weighted by Crippen LogP contribution is -2.21. The highest BCUT2D eigenvalue weighted by molar-refractivity contribution is 5.91. The highest BCUT2D eigenvalue weighted by Crippen LogP contribution is 1.98. The van der Waals surface area contributed by atoms with Crippen LogP contribution in [0, 0.1) is 0 Å². The Hall–Kier alpha value is -1.62. The van der Waals surface area contributed by atoms with Crippen LogP contribution in [0.3, 0.4) is 0 Å². The molecule has 13 heavy (non-hydrogen) atoms. The molecule has 1 amide bonds. The standard InChI is InChI=1S/C8H11N3O2/c1-6(9)5-10-11-8(12)7-3-2-4-13-7/h2-6H,9H2,1H3,(H,11,12). The Kier molecular flexibility index (Phi) is 3.22. The van der Waals surface area contributed by atoms with E-state index in [1.54, 1.807) is 19.1 Å². The van der Waals surface area contributed by atoms with Gasteiger partial charge in [-0.3, -0.25) is 4.79 Å². The van der Waals surface area contributed by atoms with Crippen molar-refractivity contribution >= 4 is 12.1 Å². The first-order valence-electron chi connectivity index (χ1n) is 3.83. The van der Waals surface area contributed by atoms with Crippen LogP contribution in [-0.4, -0.2) is 18.2 Å². The van der Waals surface area contributed by atoms with E-state index in [4.69, 9.17) is 10.2 Å². The van der Waals surface area contributed by atoms with Crippen molar-refractivity contribution in [2.24, 2.45) is 10.8 Å². The van der Waals surface area contributed by atoms with Gasteiger partial charge in [-0.25, -0.2) is 5.43 Å². The molecule has 0 bridgehead atoms. The number of nitrogens with zero attached hydrogens (tertiary/aromatic N) is 1. The molecular weight excluding hydrogens is 170 g/mol. The first-order chi connectivity index (χ1) is 6.20. The Morgan fingerprint density at radius 3 is 3.15 bits per heavy atom. The Labute approximate surface area is 75.6 Å². The molecule has 0 radical (unpaired) electrons. The number of nitrogens with one attached hydrogen (secondary N) is 1. The number of hydrazone groups is 1. The number of rotatable bonds is 3. The summed E-state index contributed by atoms with van der Waals surface area (Å²) in [4.78, 5) is 11.1. The number of hydrogen-bond acceptors (Lipinski definition) is 4. The predicted molar refractivity (Wildman–Crippen MR) is 48.3 cm³/mol. The number of nitrogens with two attached hydrogens (primary N) is 1. The summed E-state index contributed by atoms with van der Waals surface area (Å²) >= 11 is 0. The van der Waals surface area contributed by atoms with E-state index < -0.39 is 0 Å². The molecule has 70 valence electrons. The summed E-state index contributed by atoms with van der Waals surface area (Å²) in [6.45, 7) is 1.75. The molecular formula is C8H11N3O2. The van der Waals surface area contributed by atoms with Crippen LogP contribution in [-0.2, 0) is 0 Å². The van der Waals surface area contributed by atoms with Gasteiger partial charge in [0.1, 0.15) is 0 Å². The quantitative estimate of drug-likeness (QED) is 0.521. The molecule has 0 spiro atoms. The van der Waals surface area contributed by atoms with Crippen LogP contribution >= 0.6 is 0 Å². The smallest absolute Gasteiger partial charge is 0.307 e. The summed E-state index contributed by atoms with van der Waals surface area (Å²) < 4.78 is 4.84. The van der Waals surface area contributed by atoms with E-state index in [2.05, 4.69) is 10.5 Å². The van der Waals surface area contributed by atoms with Crippen LogP contribution in [0.5, 0.6) is 0 Å². The fourth-order valence-electron chi connectivity index (χ4n) is 0.676. The lowest BCUT2D eigenvalue weighted by atomic mass is 10.4. The van der Waals surface area contributed by atoms with E-state index in [-0.39, 0.29) is 17.7 Å². The minimum atomic E-state index is -0.387. The Bertz CT molecular complexity index is 290. The molecule has 0 saturated heterocycles. The normalized spacial score (nSPS) is 13.1. The molecule has 1 atom stereocenters. The van der Waals surface area contributed by atoms with Gasteiger partial charge in [0.05, 0.1) is 6.26 Å². The molecule has 0 fully saturated rings. The van der Waals surface area contributed by atoms with Gasteiger partial charge in [-0.05, 0) is 19.1 Å². The van der Waals surface area contributed by atoms with Crippen molar-refractivity contribution in [3.8, 4) is 0 Å². The molecule has 0 saturated carbocycles. The van der Waals surface area contributed by atoms with Crippen LogP contribution < -0.4 is 11.2 Å².